The van der Waals surface area contributed by atoms with Crippen molar-refractivity contribution in [3.8, 4) is 0 Å². The molecule has 7 heteroatoms. The summed E-state index contributed by atoms with van der Waals surface area (Å²) in [6, 6.07) is 9.63. The Kier molecular flexibility index (Phi) is 11.9. The van der Waals surface area contributed by atoms with Gasteiger partial charge in [-0.2, -0.15) is 0 Å². The molecule has 0 radical (unpaired) electrons. The van der Waals surface area contributed by atoms with Crippen LogP contribution in [0, 0.1) is 0 Å². The van der Waals surface area contributed by atoms with Crippen molar-refractivity contribution in [2.24, 2.45) is 0 Å². The monoisotopic (exact) mass is 365 g/mol. The number of hydrogen-bond acceptors (Lipinski definition) is 4. The minimum Gasteiger partial charge on any atom is -0.465 e. The Labute approximate surface area is 155 Å². The Morgan fingerprint density at radius 3 is 2.50 bits per heavy atom. The molecule has 0 aromatic heterocycles. The van der Waals surface area contributed by atoms with Crippen LogP contribution in [0.4, 0.5) is 4.79 Å². The molecule has 0 fully saturated rings. The lowest BCUT2D eigenvalue weighted by atomic mass is 10.1. The van der Waals surface area contributed by atoms with E-state index in [0.717, 1.165) is 18.4 Å². The molecule has 0 spiro atoms. The van der Waals surface area contributed by atoms with Crippen LogP contribution >= 0.6 is 0 Å². The van der Waals surface area contributed by atoms with E-state index in [1.54, 1.807) is 0 Å². The molecule has 1 aromatic carbocycles. The van der Waals surface area contributed by atoms with Crippen LogP contribution in [0.5, 0.6) is 0 Å². The van der Waals surface area contributed by atoms with Gasteiger partial charge in [0.05, 0.1) is 6.04 Å². The number of amides is 2. The standard InChI is InChI=1S/C19H31N3O4/c1-2-26-14-8-13-20-18(23)17(11-6-7-12-21-19(24)25)22-15-16-9-4-3-5-10-16/h3-5,9-10,17,21-22H,2,6-8,11-15H2,1H3,(H,20,23)(H,24,25)/t17-/m0/s1. The lowest BCUT2D eigenvalue weighted by molar-refractivity contribution is -0.123. The van der Waals surface area contributed by atoms with Crippen molar-refractivity contribution in [3.05, 3.63) is 35.9 Å². The van der Waals surface area contributed by atoms with Crippen LogP contribution < -0.4 is 16.0 Å². The van der Waals surface area contributed by atoms with Gasteiger partial charge in [0.15, 0.2) is 0 Å². The van der Waals surface area contributed by atoms with E-state index in [9.17, 15) is 9.59 Å². The van der Waals surface area contributed by atoms with E-state index < -0.39 is 6.09 Å². The summed E-state index contributed by atoms with van der Waals surface area (Å²) in [5.41, 5.74) is 1.12. The SMILES string of the molecule is CCOCCCNC(=O)[C@H](CCCCNC(=O)O)NCc1ccccc1. The van der Waals surface area contributed by atoms with Crippen molar-refractivity contribution in [2.75, 3.05) is 26.3 Å². The van der Waals surface area contributed by atoms with Gasteiger partial charge in [0.25, 0.3) is 0 Å². The molecule has 1 rings (SSSR count). The number of carbonyl (C=O) groups is 2. The second-order valence-corrected chi connectivity index (χ2v) is 5.99. The van der Waals surface area contributed by atoms with Crippen molar-refractivity contribution in [2.45, 2.75) is 45.2 Å². The number of carbonyl (C=O) groups excluding carboxylic acids is 1. The van der Waals surface area contributed by atoms with E-state index in [0.29, 0.717) is 45.7 Å². The quantitative estimate of drug-likeness (QED) is 0.379. The first-order valence-electron chi connectivity index (χ1n) is 9.23. The third-order valence-corrected chi connectivity index (χ3v) is 3.88. The molecule has 2 amide bonds. The minimum absolute atomic E-state index is 0.0244. The fourth-order valence-corrected chi connectivity index (χ4v) is 2.48. The van der Waals surface area contributed by atoms with E-state index >= 15 is 0 Å². The maximum absolute atomic E-state index is 12.4. The maximum atomic E-state index is 12.4. The molecule has 26 heavy (non-hydrogen) atoms. The number of ether oxygens (including phenoxy) is 1. The normalized spacial score (nSPS) is 11.7. The smallest absolute Gasteiger partial charge is 0.404 e. The molecular weight excluding hydrogens is 334 g/mol. The van der Waals surface area contributed by atoms with Gasteiger partial charge in [0.1, 0.15) is 0 Å². The molecule has 0 saturated carbocycles. The van der Waals surface area contributed by atoms with Gasteiger partial charge >= 0.3 is 6.09 Å². The number of nitrogens with one attached hydrogen (secondary N) is 3. The van der Waals surface area contributed by atoms with Crippen LogP contribution in [-0.4, -0.2) is 49.5 Å². The summed E-state index contributed by atoms with van der Waals surface area (Å²) in [6.45, 7) is 4.87. The summed E-state index contributed by atoms with van der Waals surface area (Å²) in [7, 11) is 0. The molecule has 1 aromatic rings. The number of hydrogen-bond donors (Lipinski definition) is 4. The molecule has 0 heterocycles. The van der Waals surface area contributed by atoms with Crippen LogP contribution in [0.3, 0.4) is 0 Å². The Hall–Kier alpha value is -2.12. The first-order chi connectivity index (χ1) is 12.6. The predicted octanol–water partition coefficient (Wildman–Crippen LogP) is 2.13. The van der Waals surface area contributed by atoms with Gasteiger partial charge in [0.2, 0.25) is 5.91 Å². The van der Waals surface area contributed by atoms with E-state index in [2.05, 4.69) is 16.0 Å². The van der Waals surface area contributed by atoms with Crippen LogP contribution in [0.15, 0.2) is 30.3 Å². The van der Waals surface area contributed by atoms with Crippen molar-refractivity contribution in [1.29, 1.82) is 0 Å². The summed E-state index contributed by atoms with van der Waals surface area (Å²) in [6.07, 6.45) is 1.89. The molecular formula is C19H31N3O4. The molecule has 4 N–H and O–H groups in total. The number of unbranched alkanes of at least 4 members (excludes halogenated alkanes) is 1. The molecule has 0 bridgehead atoms. The highest BCUT2D eigenvalue weighted by Gasteiger charge is 2.17. The zero-order valence-corrected chi connectivity index (χ0v) is 15.5. The fourth-order valence-electron chi connectivity index (χ4n) is 2.48. The van der Waals surface area contributed by atoms with Crippen LogP contribution in [0.25, 0.3) is 0 Å². The molecule has 0 unspecified atom stereocenters. The number of rotatable bonds is 14. The molecule has 0 aliphatic rings. The first-order valence-corrected chi connectivity index (χ1v) is 9.23. The highest BCUT2D eigenvalue weighted by molar-refractivity contribution is 5.81. The Morgan fingerprint density at radius 1 is 1.08 bits per heavy atom. The van der Waals surface area contributed by atoms with Crippen molar-refractivity contribution in [3.63, 3.8) is 0 Å². The number of carboxylic acid groups (broad SMARTS) is 1. The second-order valence-electron chi connectivity index (χ2n) is 5.99. The summed E-state index contributed by atoms with van der Waals surface area (Å²) in [4.78, 5) is 22.9. The van der Waals surface area contributed by atoms with Crippen LogP contribution in [0.1, 0.15) is 38.2 Å². The molecule has 1 atom stereocenters. The highest BCUT2D eigenvalue weighted by Crippen LogP contribution is 2.04. The molecule has 0 aliphatic carbocycles. The largest absolute Gasteiger partial charge is 0.465 e. The van der Waals surface area contributed by atoms with Gasteiger partial charge in [-0.25, -0.2) is 4.79 Å². The summed E-state index contributed by atoms with van der Waals surface area (Å²) in [5.74, 6) is -0.0244. The van der Waals surface area contributed by atoms with Crippen molar-refractivity contribution in [1.82, 2.24) is 16.0 Å². The van der Waals surface area contributed by atoms with E-state index in [-0.39, 0.29) is 11.9 Å². The summed E-state index contributed by atoms with van der Waals surface area (Å²) >= 11 is 0. The third kappa shape index (κ3) is 10.7. The Morgan fingerprint density at radius 2 is 1.81 bits per heavy atom. The zero-order chi connectivity index (χ0) is 19.0. The highest BCUT2D eigenvalue weighted by atomic mass is 16.5. The van der Waals surface area contributed by atoms with Crippen LogP contribution in [-0.2, 0) is 16.1 Å². The third-order valence-electron chi connectivity index (χ3n) is 3.88. The molecule has 7 nitrogen and oxygen atoms in total. The topological polar surface area (TPSA) is 99.7 Å². The Bertz CT molecular complexity index is 511. The average Bonchev–Trinajstić information content (AvgIpc) is 2.64. The predicted molar refractivity (Wildman–Crippen MR) is 101 cm³/mol. The van der Waals surface area contributed by atoms with Gasteiger partial charge in [0, 0.05) is 32.8 Å². The van der Waals surface area contributed by atoms with Gasteiger partial charge in [-0.05, 0) is 38.2 Å². The van der Waals surface area contributed by atoms with Gasteiger partial charge in [-0.3, -0.25) is 4.79 Å². The second kappa shape index (κ2) is 14.1. The number of benzene rings is 1. The molecule has 146 valence electrons. The average molecular weight is 365 g/mol. The lowest BCUT2D eigenvalue weighted by Crippen LogP contribution is -2.44. The summed E-state index contributed by atoms with van der Waals surface area (Å²) < 4.78 is 5.27. The lowest BCUT2D eigenvalue weighted by Gasteiger charge is -2.19. The van der Waals surface area contributed by atoms with Gasteiger partial charge in [-0.1, -0.05) is 30.3 Å². The zero-order valence-electron chi connectivity index (χ0n) is 15.5. The molecule has 0 aliphatic heterocycles. The molecule has 0 saturated heterocycles. The van der Waals surface area contributed by atoms with E-state index in [4.69, 9.17) is 9.84 Å². The van der Waals surface area contributed by atoms with E-state index in [1.807, 2.05) is 37.3 Å². The minimum atomic E-state index is -1.02. The summed E-state index contributed by atoms with van der Waals surface area (Å²) in [5, 5.41) is 17.2. The van der Waals surface area contributed by atoms with Crippen LogP contribution in [0.2, 0.25) is 0 Å². The van der Waals surface area contributed by atoms with Gasteiger partial charge < -0.3 is 25.8 Å². The maximum Gasteiger partial charge on any atom is 0.404 e. The van der Waals surface area contributed by atoms with E-state index in [1.165, 1.54) is 0 Å². The Balaban J connectivity index is 2.40. The van der Waals surface area contributed by atoms with Gasteiger partial charge in [-0.15, -0.1) is 0 Å². The first kappa shape index (κ1) is 21.9. The van der Waals surface area contributed by atoms with Crippen molar-refractivity contribution >= 4 is 12.0 Å². The fraction of sp³-hybridized carbons (Fsp3) is 0.579. The van der Waals surface area contributed by atoms with Crippen molar-refractivity contribution < 1.29 is 19.4 Å².